The quantitative estimate of drug-likeness (QED) is 0.262. The summed E-state index contributed by atoms with van der Waals surface area (Å²) in [6.45, 7) is 7.84. The smallest absolute Gasteiger partial charge is 0.416 e. The van der Waals surface area contributed by atoms with Crippen LogP contribution in [-0.4, -0.2) is 45.2 Å². The van der Waals surface area contributed by atoms with E-state index in [9.17, 15) is 18.0 Å². The molecule has 11 heteroatoms. The van der Waals surface area contributed by atoms with Gasteiger partial charge in [0.2, 0.25) is 5.95 Å². The van der Waals surface area contributed by atoms with Crippen molar-refractivity contribution in [2.24, 2.45) is 0 Å². The fraction of sp³-hybridized carbons (Fsp3) is 0.483. The first-order valence-electron chi connectivity index (χ1n) is 13.5. The predicted molar refractivity (Wildman–Crippen MR) is 153 cm³/mol. The van der Waals surface area contributed by atoms with Gasteiger partial charge in [-0.3, -0.25) is 0 Å². The minimum absolute atomic E-state index is 0.0165. The zero-order valence-corrected chi connectivity index (χ0v) is 24.6. The first kappa shape index (κ1) is 30.1. The van der Waals surface area contributed by atoms with Crippen molar-refractivity contribution >= 4 is 35.0 Å². The lowest BCUT2D eigenvalue weighted by Crippen LogP contribution is -2.57. The summed E-state index contributed by atoms with van der Waals surface area (Å²) >= 11 is 7.70. The molecule has 0 N–H and O–H groups in total. The molecule has 0 radical (unpaired) electrons. The molecule has 1 aliphatic heterocycles. The van der Waals surface area contributed by atoms with E-state index >= 15 is 0 Å². The number of thiophene rings is 1. The molecule has 6 nitrogen and oxygen atoms in total. The normalized spacial score (nSPS) is 19.6. The van der Waals surface area contributed by atoms with Crippen LogP contribution in [0.25, 0.3) is 10.4 Å². The summed E-state index contributed by atoms with van der Waals surface area (Å²) in [7, 11) is 0. The van der Waals surface area contributed by atoms with E-state index in [2.05, 4.69) is 9.97 Å². The molecule has 1 saturated heterocycles. The second kappa shape index (κ2) is 12.8. The number of ether oxygens (including phenoxy) is 1. The van der Waals surface area contributed by atoms with E-state index in [0.29, 0.717) is 37.2 Å². The number of amides is 1. The third-order valence-corrected chi connectivity index (χ3v) is 8.28. The molecule has 3 heterocycles. The first-order chi connectivity index (χ1) is 19.0. The summed E-state index contributed by atoms with van der Waals surface area (Å²) in [4.78, 5) is 27.2. The van der Waals surface area contributed by atoms with E-state index in [1.807, 2.05) is 55.0 Å². The van der Waals surface area contributed by atoms with E-state index in [0.717, 1.165) is 22.6 Å². The van der Waals surface area contributed by atoms with Gasteiger partial charge in [-0.1, -0.05) is 31.5 Å². The summed E-state index contributed by atoms with van der Waals surface area (Å²) in [5.41, 5.74) is 0.478. The van der Waals surface area contributed by atoms with Crippen molar-refractivity contribution in [3.05, 3.63) is 64.3 Å². The van der Waals surface area contributed by atoms with Gasteiger partial charge >= 0.3 is 12.3 Å². The van der Waals surface area contributed by atoms with Crippen molar-refractivity contribution < 1.29 is 22.7 Å². The van der Waals surface area contributed by atoms with Gasteiger partial charge < -0.3 is 14.5 Å². The third-order valence-electron chi connectivity index (χ3n) is 7.14. The molecule has 4 rings (SSSR count). The number of aromatic nitrogens is 2. The van der Waals surface area contributed by atoms with Crippen molar-refractivity contribution in [3.63, 3.8) is 0 Å². The van der Waals surface area contributed by atoms with Crippen LogP contribution in [0.15, 0.2) is 48.1 Å². The number of carbonyl (C=O) groups is 1. The molecule has 0 unspecified atom stereocenters. The van der Waals surface area contributed by atoms with Gasteiger partial charge in [-0.25, -0.2) is 14.8 Å². The Labute approximate surface area is 242 Å². The first-order valence-corrected chi connectivity index (χ1v) is 14.7. The average Bonchev–Trinajstić information content (AvgIpc) is 3.45. The number of hydrogen-bond acceptors (Lipinski definition) is 6. The van der Waals surface area contributed by atoms with E-state index < -0.39 is 11.7 Å². The third kappa shape index (κ3) is 7.07. The molecule has 1 fully saturated rings. The van der Waals surface area contributed by atoms with Crippen LogP contribution in [0.3, 0.4) is 0 Å². The summed E-state index contributed by atoms with van der Waals surface area (Å²) in [6, 6.07) is 7.21. The van der Waals surface area contributed by atoms with Gasteiger partial charge in [-0.05, 0) is 74.7 Å². The number of anilines is 1. The standard InChI is InChI=1S/C29H34ClF3N4O2S/c1-5-23-13-25(14-24(6-2)37(23)28(38)39-18(3)4)36(17-19-10-21(29(31,32)33)12-22(30)11-19)27-34-15-20(16-35-27)26-8-7-9-40-26/h7-12,15-16,18,23-25H,5-6,13-14,17H2,1-4H3/t23-,24+,25+. The van der Waals surface area contributed by atoms with Gasteiger partial charge in [0.25, 0.3) is 0 Å². The number of likely N-dealkylation sites (tertiary alicyclic amines) is 1. The van der Waals surface area contributed by atoms with Crippen LogP contribution in [0.4, 0.5) is 23.9 Å². The lowest BCUT2D eigenvalue weighted by molar-refractivity contribution is -0.137. The number of piperidine rings is 1. The zero-order valence-electron chi connectivity index (χ0n) is 23.0. The summed E-state index contributed by atoms with van der Waals surface area (Å²) < 4.78 is 46.4. The van der Waals surface area contributed by atoms with Gasteiger partial charge in [-0.2, -0.15) is 13.2 Å². The highest BCUT2D eigenvalue weighted by molar-refractivity contribution is 7.13. The molecular weight excluding hydrogens is 561 g/mol. The molecule has 0 saturated carbocycles. The number of hydrogen-bond donors (Lipinski definition) is 0. The number of halogens is 4. The monoisotopic (exact) mass is 594 g/mol. The highest BCUT2D eigenvalue weighted by atomic mass is 35.5. The molecule has 0 spiro atoms. The Kier molecular flexibility index (Phi) is 9.61. The Morgan fingerprint density at radius 3 is 2.33 bits per heavy atom. The highest BCUT2D eigenvalue weighted by Crippen LogP contribution is 2.36. The summed E-state index contributed by atoms with van der Waals surface area (Å²) in [5, 5.41) is 1.99. The Morgan fingerprint density at radius 2 is 1.80 bits per heavy atom. The maximum absolute atomic E-state index is 13.6. The van der Waals surface area contributed by atoms with Crippen LogP contribution in [0.2, 0.25) is 5.02 Å². The maximum atomic E-state index is 13.6. The fourth-order valence-electron chi connectivity index (χ4n) is 5.30. The van der Waals surface area contributed by atoms with Crippen LogP contribution in [-0.2, 0) is 17.5 Å². The van der Waals surface area contributed by atoms with E-state index in [1.165, 1.54) is 0 Å². The topological polar surface area (TPSA) is 58.6 Å². The molecule has 40 heavy (non-hydrogen) atoms. The van der Waals surface area contributed by atoms with Crippen LogP contribution in [0.1, 0.15) is 64.5 Å². The van der Waals surface area contributed by atoms with Gasteiger partial charge in [-0.15, -0.1) is 11.3 Å². The van der Waals surface area contributed by atoms with Crippen LogP contribution in [0.5, 0.6) is 0 Å². The van der Waals surface area contributed by atoms with Crippen LogP contribution < -0.4 is 4.90 Å². The molecule has 216 valence electrons. The molecule has 2 aromatic heterocycles. The number of nitrogens with zero attached hydrogens (tertiary/aromatic N) is 4. The van der Waals surface area contributed by atoms with Crippen LogP contribution in [0, 0.1) is 0 Å². The lowest BCUT2D eigenvalue weighted by Gasteiger charge is -2.47. The average molecular weight is 595 g/mol. The van der Waals surface area contributed by atoms with Crippen molar-refractivity contribution in [1.29, 1.82) is 0 Å². The minimum atomic E-state index is -4.52. The van der Waals surface area contributed by atoms with Gasteiger partial charge in [0.05, 0.1) is 11.7 Å². The summed E-state index contributed by atoms with van der Waals surface area (Å²) in [6.07, 6.45) is 1.01. The molecule has 1 aliphatic rings. The highest BCUT2D eigenvalue weighted by Gasteiger charge is 2.41. The molecular formula is C29H34ClF3N4O2S. The Balaban J connectivity index is 1.70. The SMILES string of the molecule is CC[C@@H]1C[C@H](N(Cc2cc(Cl)cc(C(F)(F)F)c2)c2ncc(-c3cccs3)cn2)C[C@H](CC)N1C(=O)OC(C)C. The molecule has 3 aromatic rings. The Morgan fingerprint density at radius 1 is 1.15 bits per heavy atom. The van der Waals surface area contributed by atoms with Crippen LogP contribution >= 0.6 is 22.9 Å². The van der Waals surface area contributed by atoms with E-state index in [1.54, 1.807) is 29.8 Å². The number of alkyl halides is 3. The minimum Gasteiger partial charge on any atom is -0.447 e. The molecule has 0 bridgehead atoms. The van der Waals surface area contributed by atoms with Crippen molar-refractivity contribution in [1.82, 2.24) is 14.9 Å². The number of benzene rings is 1. The Bertz CT molecular complexity index is 1260. The van der Waals surface area contributed by atoms with Crippen molar-refractivity contribution in [2.45, 2.75) is 90.3 Å². The van der Waals surface area contributed by atoms with Crippen molar-refractivity contribution in [2.75, 3.05) is 4.90 Å². The predicted octanol–water partition coefficient (Wildman–Crippen LogP) is 8.45. The Hall–Kier alpha value is -2.85. The lowest BCUT2D eigenvalue weighted by atomic mass is 9.87. The summed E-state index contributed by atoms with van der Waals surface area (Å²) in [5.74, 6) is 0.418. The second-order valence-corrected chi connectivity index (χ2v) is 11.7. The fourth-order valence-corrected chi connectivity index (χ4v) is 6.26. The van der Waals surface area contributed by atoms with E-state index in [-0.39, 0.29) is 41.9 Å². The zero-order chi connectivity index (χ0) is 29.0. The van der Waals surface area contributed by atoms with Gasteiger partial charge in [0.15, 0.2) is 0 Å². The number of carbonyl (C=O) groups excluding carboxylic acids is 1. The molecule has 3 atom stereocenters. The largest absolute Gasteiger partial charge is 0.447 e. The molecule has 1 amide bonds. The van der Waals surface area contributed by atoms with Gasteiger partial charge in [0.1, 0.15) is 0 Å². The molecule has 0 aliphatic carbocycles. The number of rotatable bonds is 8. The van der Waals surface area contributed by atoms with Gasteiger partial charge in [0, 0.05) is 52.5 Å². The van der Waals surface area contributed by atoms with Crippen molar-refractivity contribution in [3.8, 4) is 10.4 Å². The van der Waals surface area contributed by atoms with E-state index in [4.69, 9.17) is 16.3 Å². The molecule has 1 aromatic carbocycles. The maximum Gasteiger partial charge on any atom is 0.416 e. The second-order valence-electron chi connectivity index (χ2n) is 10.3.